The number of carbonyl (C=O) groups excluding carboxylic acids is 1. The Labute approximate surface area is 144 Å². The predicted molar refractivity (Wildman–Crippen MR) is 94.3 cm³/mol. The van der Waals surface area contributed by atoms with Crippen LogP contribution in [-0.2, 0) is 0 Å². The van der Waals surface area contributed by atoms with E-state index >= 15 is 0 Å². The molecule has 5 heteroatoms. The first-order valence-corrected chi connectivity index (χ1v) is 7.60. The number of hydrogen-bond acceptors (Lipinski definition) is 3. The second-order valence-electron chi connectivity index (χ2n) is 5.25. The first-order chi connectivity index (χ1) is 12.1. The maximum atomic E-state index is 12.3. The van der Waals surface area contributed by atoms with Crippen molar-refractivity contribution in [2.45, 2.75) is 0 Å². The zero-order valence-electron chi connectivity index (χ0n) is 13.2. The van der Waals surface area contributed by atoms with Gasteiger partial charge in [0.05, 0.1) is 11.3 Å². The number of aromatic carboxylic acids is 1. The van der Waals surface area contributed by atoms with E-state index in [-0.39, 0.29) is 17.2 Å². The van der Waals surface area contributed by atoms with E-state index in [2.05, 4.69) is 5.32 Å². The number of ether oxygens (including phenoxy) is 1. The van der Waals surface area contributed by atoms with Gasteiger partial charge in [-0.2, -0.15) is 0 Å². The summed E-state index contributed by atoms with van der Waals surface area (Å²) in [5.74, 6) is -0.472. The first kappa shape index (κ1) is 16.3. The normalized spacial score (nSPS) is 10.1. The lowest BCUT2D eigenvalue weighted by Gasteiger charge is -2.12. The van der Waals surface area contributed by atoms with Crippen LogP contribution in [0.1, 0.15) is 20.7 Å². The lowest BCUT2D eigenvalue weighted by Crippen LogP contribution is -2.14. The third kappa shape index (κ3) is 4.03. The highest BCUT2D eigenvalue weighted by Crippen LogP contribution is 2.27. The molecular formula is C20H15NO4. The highest BCUT2D eigenvalue weighted by molar-refractivity contribution is 6.07. The Balaban J connectivity index is 1.89. The fourth-order valence-corrected chi connectivity index (χ4v) is 2.29. The van der Waals surface area contributed by atoms with Crippen LogP contribution < -0.4 is 10.1 Å². The Morgan fingerprint density at radius 2 is 1.44 bits per heavy atom. The minimum atomic E-state index is -1.13. The van der Waals surface area contributed by atoms with Gasteiger partial charge in [-0.3, -0.25) is 4.79 Å². The van der Waals surface area contributed by atoms with Crippen molar-refractivity contribution in [1.29, 1.82) is 0 Å². The summed E-state index contributed by atoms with van der Waals surface area (Å²) in [5.41, 5.74) is 0.604. The van der Waals surface area contributed by atoms with E-state index in [1.807, 2.05) is 18.2 Å². The molecule has 0 fully saturated rings. The molecule has 0 radical (unpaired) electrons. The number of carbonyl (C=O) groups is 2. The molecular weight excluding hydrogens is 318 g/mol. The van der Waals surface area contributed by atoms with E-state index in [0.29, 0.717) is 17.1 Å². The molecule has 0 heterocycles. The zero-order chi connectivity index (χ0) is 17.6. The second kappa shape index (κ2) is 7.31. The Hall–Kier alpha value is -3.60. The van der Waals surface area contributed by atoms with Crippen molar-refractivity contribution in [3.63, 3.8) is 0 Å². The number of nitrogens with one attached hydrogen (secondary N) is 1. The van der Waals surface area contributed by atoms with Gasteiger partial charge < -0.3 is 15.2 Å². The molecule has 0 aliphatic rings. The van der Waals surface area contributed by atoms with Gasteiger partial charge in [0.25, 0.3) is 5.91 Å². The molecule has 0 aliphatic carbocycles. The van der Waals surface area contributed by atoms with Crippen LogP contribution in [0, 0.1) is 0 Å². The van der Waals surface area contributed by atoms with E-state index in [4.69, 9.17) is 4.74 Å². The molecule has 124 valence electrons. The molecule has 0 saturated carbocycles. The third-order valence-corrected chi connectivity index (χ3v) is 3.48. The molecule has 0 spiro atoms. The molecule has 0 aromatic heterocycles. The highest BCUT2D eigenvalue weighted by atomic mass is 16.5. The molecule has 3 rings (SSSR count). The van der Waals surface area contributed by atoms with Crippen LogP contribution in [0.2, 0.25) is 0 Å². The average Bonchev–Trinajstić information content (AvgIpc) is 2.63. The lowest BCUT2D eigenvalue weighted by molar-refractivity contribution is 0.0698. The molecule has 0 atom stereocenters. The fraction of sp³-hybridized carbons (Fsp3) is 0. The summed E-state index contributed by atoms with van der Waals surface area (Å²) in [7, 11) is 0. The van der Waals surface area contributed by atoms with Gasteiger partial charge in [-0.1, -0.05) is 36.4 Å². The van der Waals surface area contributed by atoms with Crippen molar-refractivity contribution in [3.8, 4) is 11.5 Å². The summed E-state index contributed by atoms with van der Waals surface area (Å²) in [6, 6.07) is 22.1. The van der Waals surface area contributed by atoms with Crippen LogP contribution in [0.3, 0.4) is 0 Å². The SMILES string of the molecule is O=C(Nc1cc(Oc2ccccc2)ccc1C(=O)O)c1ccccc1. The minimum Gasteiger partial charge on any atom is -0.478 e. The van der Waals surface area contributed by atoms with Crippen molar-refractivity contribution >= 4 is 17.6 Å². The van der Waals surface area contributed by atoms with Gasteiger partial charge in [0.1, 0.15) is 11.5 Å². The van der Waals surface area contributed by atoms with E-state index in [0.717, 1.165) is 0 Å². The average molecular weight is 333 g/mol. The topological polar surface area (TPSA) is 75.6 Å². The highest BCUT2D eigenvalue weighted by Gasteiger charge is 2.15. The standard InChI is InChI=1S/C20H15NO4/c22-19(14-7-3-1-4-8-14)21-18-13-16(11-12-17(18)20(23)24)25-15-9-5-2-6-10-15/h1-13H,(H,21,22)(H,23,24). The van der Waals surface area contributed by atoms with Crippen molar-refractivity contribution in [2.75, 3.05) is 5.32 Å². The summed E-state index contributed by atoms with van der Waals surface area (Å²) in [5, 5.41) is 12.0. The van der Waals surface area contributed by atoms with Crippen LogP contribution in [0.15, 0.2) is 78.9 Å². The summed E-state index contributed by atoms with van der Waals surface area (Å²) in [4.78, 5) is 23.7. The Bertz CT molecular complexity index is 892. The van der Waals surface area contributed by atoms with Gasteiger partial charge in [-0.25, -0.2) is 4.79 Å². The summed E-state index contributed by atoms with van der Waals surface area (Å²) < 4.78 is 5.70. The molecule has 3 aromatic carbocycles. The number of hydrogen-bond donors (Lipinski definition) is 2. The summed E-state index contributed by atoms with van der Waals surface area (Å²) >= 11 is 0. The number of carboxylic acid groups (broad SMARTS) is 1. The van der Waals surface area contributed by atoms with E-state index in [1.165, 1.54) is 12.1 Å². The maximum Gasteiger partial charge on any atom is 0.337 e. The lowest BCUT2D eigenvalue weighted by atomic mass is 10.1. The second-order valence-corrected chi connectivity index (χ2v) is 5.25. The Morgan fingerprint density at radius 3 is 2.08 bits per heavy atom. The number of amides is 1. The zero-order valence-corrected chi connectivity index (χ0v) is 13.2. The van der Waals surface area contributed by atoms with Crippen LogP contribution in [0.4, 0.5) is 5.69 Å². The molecule has 1 amide bonds. The Morgan fingerprint density at radius 1 is 0.800 bits per heavy atom. The molecule has 0 aliphatic heterocycles. The van der Waals surface area contributed by atoms with Crippen molar-refractivity contribution in [2.24, 2.45) is 0 Å². The van der Waals surface area contributed by atoms with Crippen LogP contribution in [0.5, 0.6) is 11.5 Å². The fourth-order valence-electron chi connectivity index (χ4n) is 2.29. The van der Waals surface area contributed by atoms with Crippen LogP contribution >= 0.6 is 0 Å². The first-order valence-electron chi connectivity index (χ1n) is 7.60. The van der Waals surface area contributed by atoms with Crippen molar-refractivity contribution in [3.05, 3.63) is 90.0 Å². The van der Waals surface area contributed by atoms with E-state index < -0.39 is 5.97 Å². The molecule has 0 saturated heterocycles. The minimum absolute atomic E-state index is 0.00954. The molecule has 5 nitrogen and oxygen atoms in total. The van der Waals surface area contributed by atoms with Gasteiger partial charge in [0.15, 0.2) is 0 Å². The molecule has 0 unspecified atom stereocenters. The van der Waals surface area contributed by atoms with Gasteiger partial charge >= 0.3 is 5.97 Å². The smallest absolute Gasteiger partial charge is 0.337 e. The molecule has 25 heavy (non-hydrogen) atoms. The van der Waals surface area contributed by atoms with Gasteiger partial charge in [-0.15, -0.1) is 0 Å². The number of para-hydroxylation sites is 1. The van der Waals surface area contributed by atoms with Crippen LogP contribution in [-0.4, -0.2) is 17.0 Å². The number of carboxylic acids is 1. The monoisotopic (exact) mass is 333 g/mol. The van der Waals surface area contributed by atoms with Crippen molar-refractivity contribution < 1.29 is 19.4 Å². The maximum absolute atomic E-state index is 12.3. The van der Waals surface area contributed by atoms with Gasteiger partial charge in [0, 0.05) is 11.6 Å². The van der Waals surface area contributed by atoms with Crippen molar-refractivity contribution in [1.82, 2.24) is 0 Å². The van der Waals surface area contributed by atoms with Crippen LogP contribution in [0.25, 0.3) is 0 Å². The molecule has 3 aromatic rings. The molecule has 2 N–H and O–H groups in total. The number of rotatable bonds is 5. The Kier molecular flexibility index (Phi) is 4.76. The van der Waals surface area contributed by atoms with E-state index in [9.17, 15) is 14.7 Å². The summed E-state index contributed by atoms with van der Waals surface area (Å²) in [6.45, 7) is 0. The molecule has 0 bridgehead atoms. The predicted octanol–water partition coefficient (Wildman–Crippen LogP) is 4.43. The van der Waals surface area contributed by atoms with Gasteiger partial charge in [-0.05, 0) is 36.4 Å². The third-order valence-electron chi connectivity index (χ3n) is 3.48. The summed E-state index contributed by atoms with van der Waals surface area (Å²) in [6.07, 6.45) is 0. The number of benzene rings is 3. The quantitative estimate of drug-likeness (QED) is 0.724. The van der Waals surface area contributed by atoms with Gasteiger partial charge in [0.2, 0.25) is 0 Å². The van der Waals surface area contributed by atoms with E-state index in [1.54, 1.807) is 48.5 Å². The largest absolute Gasteiger partial charge is 0.478 e. The number of anilines is 1.